The smallest absolute Gasteiger partial charge is 0.220 e. The Kier molecular flexibility index (Phi) is 62.2. The Hall–Kier alpha value is -4.71. The lowest BCUT2D eigenvalue weighted by Crippen LogP contribution is -2.60. The van der Waals surface area contributed by atoms with E-state index in [2.05, 4.69) is 189 Å². The van der Waals surface area contributed by atoms with Crippen LogP contribution in [0.3, 0.4) is 0 Å². The molecule has 1 amide bonds. The van der Waals surface area contributed by atoms with Gasteiger partial charge in [-0.3, -0.25) is 4.79 Å². The Morgan fingerprint density at radius 3 is 1.07 bits per heavy atom. The van der Waals surface area contributed by atoms with Gasteiger partial charge in [-0.25, -0.2) is 0 Å². The molecule has 6 N–H and O–H groups in total. The molecule has 0 aromatic rings. The molecule has 0 spiro atoms. The first-order valence-electron chi connectivity index (χ1n) is 36.0. The first-order valence-corrected chi connectivity index (χ1v) is 36.0. The second-order valence-corrected chi connectivity index (χ2v) is 23.9. The minimum atomic E-state index is -1.59. The van der Waals surface area contributed by atoms with Crippen molar-refractivity contribution in [2.24, 2.45) is 0 Å². The molecule has 1 aliphatic rings. The summed E-state index contributed by atoms with van der Waals surface area (Å²) in [5.74, 6) is -0.221. The average molecular weight is 1250 g/mol. The Morgan fingerprint density at radius 2 is 0.700 bits per heavy atom. The minimum Gasteiger partial charge on any atom is -0.394 e. The van der Waals surface area contributed by atoms with E-state index in [1.54, 1.807) is 6.08 Å². The highest BCUT2D eigenvalue weighted by atomic mass is 16.7. The van der Waals surface area contributed by atoms with Gasteiger partial charge in [0.15, 0.2) is 6.29 Å². The van der Waals surface area contributed by atoms with Gasteiger partial charge in [0.2, 0.25) is 5.91 Å². The minimum absolute atomic E-state index is 0.221. The third-order valence-corrected chi connectivity index (χ3v) is 15.7. The summed E-state index contributed by atoms with van der Waals surface area (Å²) in [5.41, 5.74) is 0. The Balaban J connectivity index is 2.22. The van der Waals surface area contributed by atoms with Crippen LogP contribution in [-0.2, 0) is 14.3 Å². The highest BCUT2D eigenvalue weighted by Crippen LogP contribution is 2.23. The van der Waals surface area contributed by atoms with E-state index < -0.39 is 49.5 Å². The van der Waals surface area contributed by atoms with E-state index in [4.69, 9.17) is 9.47 Å². The maximum atomic E-state index is 13.1. The number of aliphatic hydroxyl groups excluding tert-OH is 5. The molecule has 0 aromatic carbocycles. The van der Waals surface area contributed by atoms with Crippen LogP contribution >= 0.6 is 0 Å². The summed E-state index contributed by atoms with van der Waals surface area (Å²) in [7, 11) is 0. The first-order chi connectivity index (χ1) is 44.3. The van der Waals surface area contributed by atoms with Crippen molar-refractivity contribution in [3.8, 4) is 0 Å². The third kappa shape index (κ3) is 55.0. The third-order valence-electron chi connectivity index (χ3n) is 15.7. The first kappa shape index (κ1) is 83.3. The predicted octanol–water partition coefficient (Wildman–Crippen LogP) is 20.2. The summed E-state index contributed by atoms with van der Waals surface area (Å²) in [6.45, 7) is 3.63. The van der Waals surface area contributed by atoms with E-state index in [0.29, 0.717) is 19.3 Å². The Morgan fingerprint density at radius 1 is 0.389 bits per heavy atom. The molecule has 0 radical (unpaired) electrons. The number of hydrogen-bond donors (Lipinski definition) is 6. The number of carbonyl (C=O) groups excluding carboxylic acids is 1. The molecule has 9 heteroatoms. The van der Waals surface area contributed by atoms with E-state index in [1.807, 2.05) is 6.08 Å². The van der Waals surface area contributed by atoms with Gasteiger partial charge in [0.05, 0.1) is 25.4 Å². The van der Waals surface area contributed by atoms with Crippen molar-refractivity contribution in [2.45, 2.75) is 307 Å². The molecule has 0 bridgehead atoms. The SMILES string of the molecule is CC/C=C\C/C=C\C/C=C\C/C=C\C/C=C\C/C=C\C/C=C\C/C=C\C/C=C\C/C=C\C/C=C\C/C=C\CCCCCCC(=O)NC(COC1OC(CO)C(O)C(O)C1O)C(O)/C=C/CC/C=C/CC/C=C/CCCCCCCCCCCCCCCCCC. The highest BCUT2D eigenvalue weighted by Gasteiger charge is 2.44. The summed E-state index contributed by atoms with van der Waals surface area (Å²) in [6, 6.07) is -0.858. The quantitative estimate of drug-likeness (QED) is 0.0261. The molecule has 1 aliphatic heterocycles. The number of unbranched alkanes of at least 4 members (excludes halogenated alkanes) is 22. The van der Waals surface area contributed by atoms with Gasteiger partial charge in [-0.1, -0.05) is 305 Å². The van der Waals surface area contributed by atoms with Crippen LogP contribution in [0.5, 0.6) is 0 Å². The Bertz CT molecular complexity index is 2080. The van der Waals surface area contributed by atoms with Crippen molar-refractivity contribution in [1.29, 1.82) is 0 Å². The standard InChI is InChI=1S/C81H131NO8/c1-3-5-7-9-11-13-15-17-19-21-23-25-27-29-31-32-33-34-35-36-37-38-39-40-41-42-43-44-45-47-49-51-53-55-57-59-61-63-65-67-69-71-77(85)82-74(73-89-81-80(88)79(87)78(86)76(72-83)90-81)75(84)70-68-66-64-62-60-58-56-54-52-50-48-46-30-28-26-24-22-20-18-16-14-12-10-8-6-4-2/h5,7,11,13,17,19,23,25,29,31,33-34,36-37,39-40,42-43,45,47,51-54,57,59-60,62,68,70,74-76,78-81,83-84,86-88H,3-4,6,8-10,12,14-16,18,20-22,24,26-28,30,32,35,38,41,44,46,48-50,55-56,58,61,63-67,69,71-73H2,1-2H3,(H,82,85)/b7-5-,13-11-,19-17-,25-23-,31-29-,34-33-,37-36-,40-39-,43-42-,47-45-,53-51-,54-52+,59-57-,62-60+,70-68+. The number of ether oxygens (including phenoxy) is 2. The molecular weight excluding hydrogens is 1110 g/mol. The van der Waals surface area contributed by atoms with Gasteiger partial charge in [-0.2, -0.15) is 0 Å². The molecule has 90 heavy (non-hydrogen) atoms. The Labute approximate surface area is 550 Å². The molecule has 0 aromatic heterocycles. The fourth-order valence-electron chi connectivity index (χ4n) is 10.1. The predicted molar refractivity (Wildman–Crippen MR) is 386 cm³/mol. The van der Waals surface area contributed by atoms with Gasteiger partial charge in [0, 0.05) is 6.42 Å². The van der Waals surface area contributed by atoms with Crippen molar-refractivity contribution in [2.75, 3.05) is 13.2 Å². The van der Waals surface area contributed by atoms with E-state index in [9.17, 15) is 30.3 Å². The van der Waals surface area contributed by atoms with Crippen LogP contribution in [0, 0.1) is 0 Å². The van der Waals surface area contributed by atoms with Crippen LogP contribution in [0.1, 0.15) is 264 Å². The van der Waals surface area contributed by atoms with Crippen molar-refractivity contribution < 1.29 is 39.8 Å². The molecule has 7 atom stereocenters. The number of carbonyl (C=O) groups is 1. The molecule has 1 heterocycles. The molecule has 508 valence electrons. The number of allylic oxidation sites excluding steroid dienone is 29. The van der Waals surface area contributed by atoms with Crippen LogP contribution in [0.15, 0.2) is 182 Å². The normalized spacial score (nSPS) is 18.9. The van der Waals surface area contributed by atoms with Gasteiger partial charge in [0.1, 0.15) is 24.4 Å². The zero-order valence-electron chi connectivity index (χ0n) is 56.8. The summed E-state index contributed by atoms with van der Waals surface area (Å²) >= 11 is 0. The van der Waals surface area contributed by atoms with Gasteiger partial charge in [-0.05, 0) is 135 Å². The molecule has 1 saturated heterocycles. The average Bonchev–Trinajstić information content (AvgIpc) is 1.28. The largest absolute Gasteiger partial charge is 0.394 e. The number of aliphatic hydroxyl groups is 5. The van der Waals surface area contributed by atoms with E-state index in [0.717, 1.165) is 128 Å². The molecular formula is C81H131NO8. The van der Waals surface area contributed by atoms with Crippen LogP contribution in [-0.4, -0.2) is 87.5 Å². The summed E-state index contributed by atoms with van der Waals surface area (Å²) in [4.78, 5) is 13.1. The number of hydrogen-bond acceptors (Lipinski definition) is 8. The lowest BCUT2D eigenvalue weighted by Gasteiger charge is -2.40. The van der Waals surface area contributed by atoms with E-state index in [1.165, 1.54) is 103 Å². The summed E-state index contributed by atoms with van der Waals surface area (Å²) < 4.78 is 11.3. The number of rotatable bonds is 60. The summed E-state index contributed by atoms with van der Waals surface area (Å²) in [5, 5.41) is 54.7. The molecule has 7 unspecified atom stereocenters. The fraction of sp³-hybridized carbons (Fsp3) is 0.617. The molecule has 1 fully saturated rings. The molecule has 0 aliphatic carbocycles. The van der Waals surface area contributed by atoms with Gasteiger partial charge in [-0.15, -0.1) is 0 Å². The molecule has 9 nitrogen and oxygen atoms in total. The van der Waals surface area contributed by atoms with Crippen molar-refractivity contribution >= 4 is 5.91 Å². The van der Waals surface area contributed by atoms with Crippen LogP contribution in [0.2, 0.25) is 0 Å². The van der Waals surface area contributed by atoms with Gasteiger partial charge < -0.3 is 40.3 Å². The fourth-order valence-corrected chi connectivity index (χ4v) is 10.1. The van der Waals surface area contributed by atoms with Crippen molar-refractivity contribution in [3.05, 3.63) is 182 Å². The van der Waals surface area contributed by atoms with Crippen molar-refractivity contribution in [3.63, 3.8) is 0 Å². The zero-order chi connectivity index (χ0) is 64.9. The monoisotopic (exact) mass is 1250 g/mol. The molecule has 0 saturated carbocycles. The number of nitrogens with one attached hydrogen (secondary N) is 1. The second-order valence-electron chi connectivity index (χ2n) is 23.9. The maximum Gasteiger partial charge on any atom is 0.220 e. The van der Waals surface area contributed by atoms with Gasteiger partial charge in [0.25, 0.3) is 0 Å². The second kappa shape index (κ2) is 67.2. The van der Waals surface area contributed by atoms with Crippen LogP contribution in [0.4, 0.5) is 0 Å². The maximum absolute atomic E-state index is 13.1. The number of amides is 1. The van der Waals surface area contributed by atoms with Crippen LogP contribution < -0.4 is 5.32 Å². The van der Waals surface area contributed by atoms with Crippen LogP contribution in [0.25, 0.3) is 0 Å². The zero-order valence-corrected chi connectivity index (χ0v) is 56.8. The molecule has 1 rings (SSSR count). The summed E-state index contributed by atoms with van der Waals surface area (Å²) in [6.07, 6.45) is 101. The topological polar surface area (TPSA) is 149 Å². The lowest BCUT2D eigenvalue weighted by molar-refractivity contribution is -0.302. The van der Waals surface area contributed by atoms with E-state index >= 15 is 0 Å². The van der Waals surface area contributed by atoms with E-state index in [-0.39, 0.29) is 12.5 Å². The highest BCUT2D eigenvalue weighted by molar-refractivity contribution is 5.76. The lowest BCUT2D eigenvalue weighted by atomic mass is 9.99. The van der Waals surface area contributed by atoms with Crippen molar-refractivity contribution in [1.82, 2.24) is 5.32 Å². The van der Waals surface area contributed by atoms with Gasteiger partial charge >= 0.3 is 0 Å².